The summed E-state index contributed by atoms with van der Waals surface area (Å²) in [5, 5.41) is 11.9. The number of aliphatic hydroxyl groups is 1. The summed E-state index contributed by atoms with van der Waals surface area (Å²) in [5.41, 5.74) is 0. The Morgan fingerprint density at radius 2 is 2.18 bits per heavy atom. The molecule has 1 heterocycles. The van der Waals surface area contributed by atoms with Crippen LogP contribution in [0.3, 0.4) is 0 Å². The Morgan fingerprint density at radius 1 is 1.41 bits per heavy atom. The Kier molecular flexibility index (Phi) is 6.91. The number of nitrogens with one attached hydrogen (secondary N) is 1. The fourth-order valence-corrected chi connectivity index (χ4v) is 1.95. The van der Waals surface area contributed by atoms with Gasteiger partial charge in [0.2, 0.25) is 0 Å². The first-order valence-electron chi connectivity index (χ1n) is 5.90. The third-order valence-electron chi connectivity index (χ3n) is 2.65. The van der Waals surface area contributed by atoms with Crippen LogP contribution in [-0.4, -0.2) is 74.2 Å². The molecule has 0 aromatic carbocycles. The van der Waals surface area contributed by atoms with E-state index in [4.69, 9.17) is 26.8 Å². The van der Waals surface area contributed by atoms with Crippen LogP contribution in [0.4, 0.5) is 0 Å². The lowest BCUT2D eigenvalue weighted by Crippen LogP contribution is -2.38. The van der Waals surface area contributed by atoms with E-state index < -0.39 is 0 Å². The molecule has 100 valence electrons. The van der Waals surface area contributed by atoms with Crippen molar-refractivity contribution in [2.45, 2.75) is 18.6 Å². The van der Waals surface area contributed by atoms with E-state index in [1.807, 2.05) is 19.0 Å². The van der Waals surface area contributed by atoms with Crippen molar-refractivity contribution in [1.82, 2.24) is 10.2 Å². The van der Waals surface area contributed by atoms with Gasteiger partial charge in [0, 0.05) is 20.6 Å². The van der Waals surface area contributed by atoms with Gasteiger partial charge in [-0.2, -0.15) is 0 Å². The molecule has 5 nitrogen and oxygen atoms in total. The van der Waals surface area contributed by atoms with Gasteiger partial charge in [-0.05, 0) is 6.42 Å². The molecule has 6 heteroatoms. The molecule has 2 N–H and O–H groups in total. The van der Waals surface area contributed by atoms with E-state index in [0.717, 1.165) is 18.0 Å². The highest BCUT2D eigenvalue weighted by atomic mass is 32.1. The van der Waals surface area contributed by atoms with Crippen LogP contribution in [0.5, 0.6) is 0 Å². The van der Waals surface area contributed by atoms with Crippen LogP contribution in [0.15, 0.2) is 0 Å². The highest BCUT2D eigenvalue weighted by Gasteiger charge is 2.28. The number of hydrogen-bond donors (Lipinski definition) is 2. The zero-order valence-electron chi connectivity index (χ0n) is 10.5. The van der Waals surface area contributed by atoms with Gasteiger partial charge in [0.15, 0.2) is 0 Å². The Balaban J connectivity index is 2.11. The van der Waals surface area contributed by atoms with Crippen LogP contribution in [0.1, 0.15) is 6.42 Å². The molecule has 0 bridgehead atoms. The molecule has 1 rings (SSSR count). The topological polar surface area (TPSA) is 54.0 Å². The normalized spacial score (nSPS) is 23.9. The SMILES string of the molecule is CN(C)C(=S)[C@@H]1C[C@@H](OCCOCCO)CN1. The minimum absolute atomic E-state index is 0.0597. The summed E-state index contributed by atoms with van der Waals surface area (Å²) in [4.78, 5) is 2.88. The van der Waals surface area contributed by atoms with Crippen molar-refractivity contribution in [3.8, 4) is 0 Å². The average Bonchev–Trinajstić information content (AvgIpc) is 2.76. The number of aliphatic hydroxyl groups excluding tert-OH is 1. The first-order valence-corrected chi connectivity index (χ1v) is 6.30. The molecule has 0 aliphatic carbocycles. The van der Waals surface area contributed by atoms with Crippen molar-refractivity contribution in [3.05, 3.63) is 0 Å². The Morgan fingerprint density at radius 3 is 2.82 bits per heavy atom. The molecule has 0 aromatic rings. The van der Waals surface area contributed by atoms with Crippen molar-refractivity contribution >= 4 is 17.2 Å². The van der Waals surface area contributed by atoms with Crippen molar-refractivity contribution in [2.24, 2.45) is 0 Å². The molecule has 0 radical (unpaired) electrons. The lowest BCUT2D eigenvalue weighted by Gasteiger charge is -2.19. The summed E-state index contributed by atoms with van der Waals surface area (Å²) in [7, 11) is 3.92. The zero-order valence-corrected chi connectivity index (χ0v) is 11.3. The molecule has 0 amide bonds. The van der Waals surface area contributed by atoms with Crippen LogP contribution in [0.25, 0.3) is 0 Å². The van der Waals surface area contributed by atoms with Crippen LogP contribution in [0.2, 0.25) is 0 Å². The molecule has 1 fully saturated rings. The molecule has 1 aliphatic rings. The molecule has 0 aromatic heterocycles. The van der Waals surface area contributed by atoms with E-state index in [2.05, 4.69) is 5.32 Å². The van der Waals surface area contributed by atoms with E-state index in [-0.39, 0.29) is 18.8 Å². The summed E-state index contributed by atoms with van der Waals surface area (Å²) < 4.78 is 10.8. The minimum atomic E-state index is 0.0597. The van der Waals surface area contributed by atoms with Gasteiger partial charge in [-0.3, -0.25) is 0 Å². The van der Waals surface area contributed by atoms with E-state index in [1.165, 1.54) is 0 Å². The summed E-state index contributed by atoms with van der Waals surface area (Å²) in [5.74, 6) is 0. The van der Waals surface area contributed by atoms with Crippen molar-refractivity contribution in [3.63, 3.8) is 0 Å². The molecular weight excluding hydrogens is 240 g/mol. The highest BCUT2D eigenvalue weighted by Crippen LogP contribution is 2.12. The maximum absolute atomic E-state index is 8.53. The van der Waals surface area contributed by atoms with Crippen molar-refractivity contribution < 1.29 is 14.6 Å². The number of likely N-dealkylation sites (N-methyl/N-ethyl adjacent to an activating group) is 1. The predicted molar refractivity (Wildman–Crippen MR) is 70.3 cm³/mol. The molecule has 0 spiro atoms. The quantitative estimate of drug-likeness (QED) is 0.482. The number of nitrogens with zero attached hydrogens (tertiary/aromatic N) is 1. The predicted octanol–water partition coefficient (Wildman–Crippen LogP) is -0.369. The number of thiocarbonyl (C=S) groups is 1. The van der Waals surface area contributed by atoms with Gasteiger partial charge >= 0.3 is 0 Å². The van der Waals surface area contributed by atoms with Gasteiger partial charge in [-0.1, -0.05) is 12.2 Å². The Labute approximate surface area is 108 Å². The maximum atomic E-state index is 8.53. The van der Waals surface area contributed by atoms with Crippen LogP contribution in [-0.2, 0) is 9.47 Å². The summed E-state index contributed by atoms with van der Waals surface area (Å²) in [6.07, 6.45) is 1.12. The monoisotopic (exact) mass is 262 g/mol. The first-order chi connectivity index (χ1) is 8.15. The maximum Gasteiger partial charge on any atom is 0.0947 e. The van der Waals surface area contributed by atoms with E-state index in [9.17, 15) is 0 Å². The van der Waals surface area contributed by atoms with Crippen molar-refractivity contribution in [1.29, 1.82) is 0 Å². The standard InChI is InChI=1S/C11H22N2O3S/c1-13(2)11(17)10-7-9(8-12-10)16-6-5-15-4-3-14/h9-10,12,14H,3-8H2,1-2H3/t9-,10+/m1/s1. The van der Waals surface area contributed by atoms with Gasteiger partial charge in [-0.15, -0.1) is 0 Å². The molecule has 0 unspecified atom stereocenters. The molecule has 17 heavy (non-hydrogen) atoms. The highest BCUT2D eigenvalue weighted by molar-refractivity contribution is 7.80. The van der Waals surface area contributed by atoms with Gasteiger partial charge in [-0.25, -0.2) is 0 Å². The van der Waals surface area contributed by atoms with E-state index >= 15 is 0 Å². The molecular formula is C11H22N2O3S. The van der Waals surface area contributed by atoms with Gasteiger partial charge < -0.3 is 24.8 Å². The molecule has 0 saturated carbocycles. The summed E-state index contributed by atoms with van der Waals surface area (Å²) in [6.45, 7) is 2.36. The van der Waals surface area contributed by atoms with Gasteiger partial charge in [0.05, 0.1) is 43.6 Å². The largest absolute Gasteiger partial charge is 0.394 e. The first kappa shape index (κ1) is 14.8. The fraction of sp³-hybridized carbons (Fsp3) is 0.909. The van der Waals surface area contributed by atoms with E-state index in [0.29, 0.717) is 19.8 Å². The summed E-state index contributed by atoms with van der Waals surface area (Å²) in [6, 6.07) is 0.239. The molecule has 1 saturated heterocycles. The second-order valence-electron chi connectivity index (χ2n) is 4.26. The fourth-order valence-electron chi connectivity index (χ4n) is 1.77. The van der Waals surface area contributed by atoms with Crippen LogP contribution < -0.4 is 5.32 Å². The Hall–Kier alpha value is -0.270. The second-order valence-corrected chi connectivity index (χ2v) is 4.68. The number of rotatable bonds is 7. The third kappa shape index (κ3) is 5.27. The lowest BCUT2D eigenvalue weighted by atomic mass is 10.2. The molecule has 1 aliphatic heterocycles. The Bertz CT molecular complexity index is 239. The average molecular weight is 262 g/mol. The van der Waals surface area contributed by atoms with Gasteiger partial charge in [0.25, 0.3) is 0 Å². The number of hydrogen-bond acceptors (Lipinski definition) is 5. The smallest absolute Gasteiger partial charge is 0.0947 e. The van der Waals surface area contributed by atoms with E-state index in [1.54, 1.807) is 0 Å². The minimum Gasteiger partial charge on any atom is -0.394 e. The zero-order chi connectivity index (χ0) is 12.7. The molecule has 2 atom stereocenters. The second kappa shape index (κ2) is 7.94. The lowest BCUT2D eigenvalue weighted by molar-refractivity contribution is 0.00448. The van der Waals surface area contributed by atoms with Crippen LogP contribution in [0, 0.1) is 0 Å². The van der Waals surface area contributed by atoms with Gasteiger partial charge in [0.1, 0.15) is 0 Å². The third-order valence-corrected chi connectivity index (χ3v) is 3.30. The van der Waals surface area contributed by atoms with Crippen molar-refractivity contribution in [2.75, 3.05) is 47.1 Å². The number of ether oxygens (including phenoxy) is 2. The summed E-state index contributed by atoms with van der Waals surface area (Å²) >= 11 is 5.32. The van der Waals surface area contributed by atoms with Crippen LogP contribution >= 0.6 is 12.2 Å².